The Kier molecular flexibility index (Phi) is 5.24. The number of thiol groups is 1. The predicted octanol–water partition coefficient (Wildman–Crippen LogP) is 2.64. The lowest BCUT2D eigenvalue weighted by Crippen LogP contribution is -2.00. The van der Waals surface area contributed by atoms with E-state index in [1.54, 1.807) is 18.2 Å². The topological polar surface area (TPSA) is 37.3 Å². The van der Waals surface area contributed by atoms with Crippen LogP contribution in [0.25, 0.3) is 0 Å². The Morgan fingerprint density at radius 3 is 2.81 bits per heavy atom. The van der Waals surface area contributed by atoms with Crippen molar-refractivity contribution in [2.45, 2.75) is 12.8 Å². The molecule has 1 aromatic rings. The third-order valence-corrected chi connectivity index (χ3v) is 2.44. The van der Waals surface area contributed by atoms with Crippen LogP contribution in [0.4, 0.5) is 0 Å². The second kappa shape index (κ2) is 6.47. The van der Waals surface area contributed by atoms with Crippen molar-refractivity contribution < 1.29 is 9.90 Å². The van der Waals surface area contributed by atoms with Crippen molar-refractivity contribution in [2.24, 2.45) is 0 Å². The first-order valence-corrected chi connectivity index (χ1v) is 5.74. The third kappa shape index (κ3) is 4.18. The second-order valence-corrected chi connectivity index (χ2v) is 4.01. The first kappa shape index (κ1) is 13.0. The lowest BCUT2D eigenvalue weighted by Gasteiger charge is -2.01. The Labute approximate surface area is 105 Å². The van der Waals surface area contributed by atoms with Gasteiger partial charge in [-0.25, -0.2) is 0 Å². The first-order chi connectivity index (χ1) is 7.63. The van der Waals surface area contributed by atoms with Gasteiger partial charge in [0.05, 0.1) is 6.42 Å². The van der Waals surface area contributed by atoms with E-state index >= 15 is 0 Å². The molecule has 0 bridgehead atoms. The van der Waals surface area contributed by atoms with Gasteiger partial charge in [-0.2, -0.15) is 12.6 Å². The highest BCUT2D eigenvalue weighted by Crippen LogP contribution is 2.18. The molecule has 0 amide bonds. The van der Waals surface area contributed by atoms with Crippen molar-refractivity contribution in [1.82, 2.24) is 0 Å². The minimum absolute atomic E-state index is 0.0663. The number of carboxylic acid groups (broad SMARTS) is 1. The molecule has 0 heterocycles. The molecule has 16 heavy (non-hydrogen) atoms. The Morgan fingerprint density at radius 2 is 2.25 bits per heavy atom. The molecular formula is C12H11ClO2S. The average molecular weight is 255 g/mol. The smallest absolute Gasteiger partial charge is 0.307 e. The largest absolute Gasteiger partial charge is 0.481 e. The fourth-order valence-electron chi connectivity index (χ4n) is 1.15. The van der Waals surface area contributed by atoms with E-state index < -0.39 is 5.97 Å². The number of rotatable bonds is 3. The summed E-state index contributed by atoms with van der Waals surface area (Å²) in [4.78, 5) is 10.5. The number of carboxylic acids is 1. The minimum atomic E-state index is -0.893. The molecule has 0 spiro atoms. The standard InChI is InChI=1S/C12H11ClO2S/c13-11-7-9(3-1-2-6-16)4-5-10(11)8-12(14)15/h4-5,7,16H,2,6,8H2,(H,14,15). The van der Waals surface area contributed by atoms with Crippen LogP contribution in [0.5, 0.6) is 0 Å². The first-order valence-electron chi connectivity index (χ1n) is 4.73. The molecule has 4 heteroatoms. The molecule has 0 unspecified atom stereocenters. The van der Waals surface area contributed by atoms with Crippen LogP contribution in [-0.2, 0) is 11.2 Å². The van der Waals surface area contributed by atoms with Crippen molar-refractivity contribution in [2.75, 3.05) is 5.75 Å². The molecule has 84 valence electrons. The molecule has 0 aliphatic rings. The maximum absolute atomic E-state index is 10.5. The van der Waals surface area contributed by atoms with Gasteiger partial charge in [0.1, 0.15) is 0 Å². The van der Waals surface area contributed by atoms with E-state index in [-0.39, 0.29) is 6.42 Å². The van der Waals surface area contributed by atoms with Crippen LogP contribution in [0.3, 0.4) is 0 Å². The van der Waals surface area contributed by atoms with Gasteiger partial charge in [0.2, 0.25) is 0 Å². The van der Waals surface area contributed by atoms with Gasteiger partial charge in [-0.05, 0) is 17.7 Å². The average Bonchev–Trinajstić information content (AvgIpc) is 2.22. The van der Waals surface area contributed by atoms with Gasteiger partial charge in [-0.1, -0.05) is 29.5 Å². The number of benzene rings is 1. The number of hydrogen-bond acceptors (Lipinski definition) is 2. The summed E-state index contributed by atoms with van der Waals surface area (Å²) in [6, 6.07) is 5.15. The molecule has 0 aliphatic heterocycles. The summed E-state index contributed by atoms with van der Waals surface area (Å²) in [5, 5.41) is 9.08. The Morgan fingerprint density at radius 1 is 1.50 bits per heavy atom. The second-order valence-electron chi connectivity index (χ2n) is 3.15. The minimum Gasteiger partial charge on any atom is -0.481 e. The number of halogens is 1. The van der Waals surface area contributed by atoms with Gasteiger partial charge in [-0.3, -0.25) is 4.79 Å². The van der Waals surface area contributed by atoms with Gasteiger partial charge in [0.25, 0.3) is 0 Å². The van der Waals surface area contributed by atoms with Crippen LogP contribution in [0.1, 0.15) is 17.5 Å². The van der Waals surface area contributed by atoms with Crippen LogP contribution < -0.4 is 0 Å². The van der Waals surface area contributed by atoms with Gasteiger partial charge < -0.3 is 5.11 Å². The molecule has 0 aliphatic carbocycles. The van der Waals surface area contributed by atoms with Crippen LogP contribution in [0, 0.1) is 11.8 Å². The van der Waals surface area contributed by atoms with Gasteiger partial charge >= 0.3 is 5.97 Å². The molecule has 0 radical (unpaired) electrons. The highest BCUT2D eigenvalue weighted by Gasteiger charge is 2.05. The fourth-order valence-corrected chi connectivity index (χ4v) is 1.51. The van der Waals surface area contributed by atoms with Crippen LogP contribution in [0.15, 0.2) is 18.2 Å². The molecule has 1 aromatic carbocycles. The number of carbonyl (C=O) groups is 1. The Bertz CT molecular complexity index is 446. The maximum atomic E-state index is 10.5. The Balaban J connectivity index is 2.83. The molecule has 0 saturated carbocycles. The quantitative estimate of drug-likeness (QED) is 0.643. The summed E-state index contributed by atoms with van der Waals surface area (Å²) in [5.41, 5.74) is 1.40. The maximum Gasteiger partial charge on any atom is 0.307 e. The molecule has 0 saturated heterocycles. The van der Waals surface area contributed by atoms with E-state index in [1.165, 1.54) is 0 Å². The summed E-state index contributed by atoms with van der Waals surface area (Å²) in [6.07, 6.45) is 0.654. The van der Waals surface area contributed by atoms with Crippen molar-refractivity contribution in [1.29, 1.82) is 0 Å². The number of hydrogen-bond donors (Lipinski definition) is 2. The summed E-state index contributed by atoms with van der Waals surface area (Å²) in [7, 11) is 0. The van der Waals surface area contributed by atoms with E-state index in [9.17, 15) is 4.79 Å². The van der Waals surface area contributed by atoms with Gasteiger partial charge in [0, 0.05) is 22.8 Å². The lowest BCUT2D eigenvalue weighted by molar-refractivity contribution is -0.136. The lowest BCUT2D eigenvalue weighted by atomic mass is 10.1. The zero-order valence-electron chi connectivity index (χ0n) is 8.53. The van der Waals surface area contributed by atoms with Crippen molar-refractivity contribution in [3.05, 3.63) is 34.3 Å². The van der Waals surface area contributed by atoms with E-state index in [1.807, 2.05) is 0 Å². The van der Waals surface area contributed by atoms with E-state index in [0.717, 1.165) is 17.7 Å². The summed E-state index contributed by atoms with van der Waals surface area (Å²) in [6.45, 7) is 0. The molecule has 0 atom stereocenters. The molecule has 0 aromatic heterocycles. The van der Waals surface area contributed by atoms with Crippen molar-refractivity contribution in [3.8, 4) is 11.8 Å². The highest BCUT2D eigenvalue weighted by atomic mass is 35.5. The number of aliphatic carboxylic acids is 1. The molecule has 0 fully saturated rings. The van der Waals surface area contributed by atoms with E-state index in [0.29, 0.717) is 10.6 Å². The van der Waals surface area contributed by atoms with Crippen LogP contribution >= 0.6 is 24.2 Å². The molecule has 2 nitrogen and oxygen atoms in total. The zero-order valence-corrected chi connectivity index (χ0v) is 10.2. The highest BCUT2D eigenvalue weighted by molar-refractivity contribution is 7.80. The molecular weight excluding hydrogens is 244 g/mol. The monoisotopic (exact) mass is 254 g/mol. The van der Waals surface area contributed by atoms with Crippen molar-refractivity contribution in [3.63, 3.8) is 0 Å². The van der Waals surface area contributed by atoms with Gasteiger partial charge in [0.15, 0.2) is 0 Å². The Hall–Kier alpha value is -1.11. The fraction of sp³-hybridized carbons (Fsp3) is 0.250. The van der Waals surface area contributed by atoms with E-state index in [2.05, 4.69) is 24.5 Å². The van der Waals surface area contributed by atoms with E-state index in [4.69, 9.17) is 16.7 Å². The third-order valence-electron chi connectivity index (χ3n) is 1.86. The summed E-state index contributed by atoms with van der Waals surface area (Å²) in [5.74, 6) is 5.70. The molecule has 1 N–H and O–H groups in total. The van der Waals surface area contributed by atoms with Crippen molar-refractivity contribution >= 4 is 30.2 Å². The van der Waals surface area contributed by atoms with Crippen LogP contribution in [-0.4, -0.2) is 16.8 Å². The summed E-state index contributed by atoms with van der Waals surface area (Å²) >= 11 is 9.99. The zero-order chi connectivity index (χ0) is 12.0. The van der Waals surface area contributed by atoms with Gasteiger partial charge in [-0.15, -0.1) is 0 Å². The molecule has 1 rings (SSSR count). The summed E-state index contributed by atoms with van der Waals surface area (Å²) < 4.78 is 0. The SMILES string of the molecule is O=C(O)Cc1ccc(C#CCCS)cc1Cl. The predicted molar refractivity (Wildman–Crippen MR) is 68.1 cm³/mol. The normalized spacial score (nSPS) is 9.38. The van der Waals surface area contributed by atoms with Crippen LogP contribution in [0.2, 0.25) is 5.02 Å².